The van der Waals surface area contributed by atoms with Crippen molar-refractivity contribution in [2.45, 2.75) is 50.9 Å². The first-order valence-corrected chi connectivity index (χ1v) is 7.09. The van der Waals surface area contributed by atoms with Crippen LogP contribution in [0.1, 0.15) is 20.8 Å². The number of ether oxygens (including phenoxy) is 3. The standard InChI is InChI=1S/C8H12BO3.C2H7O2P.CH3.Y/c1-4-5-6(7(9)10-4)12-8(2,3)11-5;1-2-5(3)4;;/h4-7H,1H2,2-3H3;5H,2H2,1H3,(H,3,4);1H3;/q-1;;+1;/p-1. The Morgan fingerprint density at radius 2 is 1.79 bits per heavy atom. The van der Waals surface area contributed by atoms with E-state index in [2.05, 4.69) is 6.92 Å². The van der Waals surface area contributed by atoms with E-state index in [-0.39, 0.29) is 58.4 Å². The molecule has 2 saturated heterocycles. The van der Waals surface area contributed by atoms with Crippen molar-refractivity contribution in [1.82, 2.24) is 0 Å². The molecule has 0 aliphatic carbocycles. The van der Waals surface area contributed by atoms with Crippen LogP contribution in [0.4, 0.5) is 0 Å². The van der Waals surface area contributed by atoms with Gasteiger partial charge in [-0.1, -0.05) is 6.92 Å². The van der Waals surface area contributed by atoms with Crippen LogP contribution >= 0.6 is 8.03 Å². The van der Waals surface area contributed by atoms with E-state index in [9.17, 15) is 9.46 Å². The van der Waals surface area contributed by atoms with Gasteiger partial charge in [-0.25, -0.2) is 0 Å². The number of hydrogen-bond donors (Lipinski definition) is 0. The van der Waals surface area contributed by atoms with Crippen molar-refractivity contribution in [1.29, 1.82) is 0 Å². The normalized spacial score (nSPS) is 36.1. The zero-order valence-corrected chi connectivity index (χ0v) is 15.8. The summed E-state index contributed by atoms with van der Waals surface area (Å²) in [5.41, 5.74) is 0. The molecule has 2 aliphatic heterocycles. The Morgan fingerprint density at radius 3 is 2.16 bits per heavy atom. The zero-order chi connectivity index (χ0) is 13.2. The van der Waals surface area contributed by atoms with Crippen molar-refractivity contribution in [3.05, 3.63) is 14.4 Å². The van der Waals surface area contributed by atoms with Crippen molar-refractivity contribution >= 4 is 15.9 Å². The van der Waals surface area contributed by atoms with Gasteiger partial charge in [-0.05, 0) is 26.1 Å². The Kier molecular flexibility index (Phi) is 10.8. The number of fused-ring (bicyclic) bond motifs is 1. The molecule has 5 atom stereocenters. The molecular weight excluding hydrogens is 343 g/mol. The summed E-state index contributed by atoms with van der Waals surface area (Å²) in [4.78, 5) is 9.44. The maximum Gasteiger partial charge on any atom is 0.163 e. The predicted octanol–water partition coefficient (Wildman–Crippen LogP) is 0.523. The van der Waals surface area contributed by atoms with Crippen LogP contribution in [0.25, 0.3) is 0 Å². The Balaban J connectivity index is 0. The third-order valence-electron chi connectivity index (χ3n) is 2.47. The second-order valence-electron chi connectivity index (χ2n) is 4.43. The van der Waals surface area contributed by atoms with E-state index in [0.29, 0.717) is 6.16 Å². The summed E-state index contributed by atoms with van der Waals surface area (Å²) in [6.07, 6.45) is -0.200. The first kappa shape index (κ1) is 22.4. The number of rotatable bonds is 1. The smallest absolute Gasteiger partial charge is 0.163 e. The van der Waals surface area contributed by atoms with Gasteiger partial charge in [0.05, 0.1) is 6.10 Å². The van der Waals surface area contributed by atoms with Crippen LogP contribution in [0.5, 0.6) is 0 Å². The van der Waals surface area contributed by atoms with Crippen molar-refractivity contribution < 1.29 is 56.4 Å². The minimum absolute atomic E-state index is 0. The van der Waals surface area contributed by atoms with Gasteiger partial charge in [-0.15, -0.1) is 0 Å². The van der Waals surface area contributed by atoms with Crippen LogP contribution in [-0.4, -0.2) is 44.1 Å². The van der Waals surface area contributed by atoms with Crippen LogP contribution in [0.3, 0.4) is 0 Å². The molecule has 2 heterocycles. The fraction of sp³-hybridized carbons (Fsp3) is 0.818. The fourth-order valence-corrected chi connectivity index (χ4v) is 1.72. The van der Waals surface area contributed by atoms with Crippen molar-refractivity contribution in [3.8, 4) is 0 Å². The summed E-state index contributed by atoms with van der Waals surface area (Å²) < 4.78 is 25.8. The monoisotopic (exact) mass is 364 g/mol. The molecule has 0 saturated carbocycles. The molecule has 0 aromatic heterocycles. The van der Waals surface area contributed by atoms with E-state index in [1.807, 2.05) is 13.8 Å². The van der Waals surface area contributed by atoms with Gasteiger partial charge in [0.15, 0.2) is 5.79 Å². The first-order valence-electron chi connectivity index (χ1n) is 5.56. The molecule has 0 aromatic rings. The van der Waals surface area contributed by atoms with Crippen molar-refractivity contribution in [3.63, 3.8) is 0 Å². The van der Waals surface area contributed by atoms with Gasteiger partial charge in [-0.3, -0.25) is 0 Å². The van der Waals surface area contributed by atoms with Crippen molar-refractivity contribution in [2.75, 3.05) is 6.16 Å². The van der Waals surface area contributed by atoms with Gasteiger partial charge in [-0.2, -0.15) is 0 Å². The Labute approximate surface area is 143 Å². The second-order valence-corrected chi connectivity index (χ2v) is 5.88. The molecular formula is C11H21BO5PY-. The van der Waals surface area contributed by atoms with Gasteiger partial charge in [0.2, 0.25) is 0 Å². The quantitative estimate of drug-likeness (QED) is 0.386. The zero-order valence-electron chi connectivity index (χ0n) is 11.9. The van der Waals surface area contributed by atoms with E-state index < -0.39 is 19.8 Å². The average Bonchev–Trinajstić information content (AvgIpc) is 2.65. The van der Waals surface area contributed by atoms with E-state index in [4.69, 9.17) is 22.1 Å². The van der Waals surface area contributed by atoms with Gasteiger partial charge in [0.1, 0.15) is 14.0 Å². The Morgan fingerprint density at radius 1 is 1.37 bits per heavy atom. The second kappa shape index (κ2) is 9.19. The van der Waals surface area contributed by atoms with Crippen LogP contribution in [-0.2, 0) is 51.5 Å². The topological polar surface area (TPSA) is 67.8 Å². The van der Waals surface area contributed by atoms with Crippen LogP contribution in [0.2, 0.25) is 0 Å². The molecule has 3 radical (unpaired) electrons. The number of hydrogen-bond acceptors (Lipinski definition) is 5. The first-order chi connectivity index (χ1) is 7.76. The molecule has 107 valence electrons. The van der Waals surface area contributed by atoms with E-state index in [0.717, 1.165) is 0 Å². The largest absolute Gasteiger partial charge is 0.802 e. The molecule has 19 heavy (non-hydrogen) atoms. The van der Waals surface area contributed by atoms with Crippen LogP contribution in [0.15, 0.2) is 0 Å². The van der Waals surface area contributed by atoms with Gasteiger partial charge >= 0.3 is 0 Å². The van der Waals surface area contributed by atoms with E-state index in [1.165, 1.54) is 0 Å². The average molecular weight is 364 g/mol. The minimum Gasteiger partial charge on any atom is -0.802 e. The summed E-state index contributed by atoms with van der Waals surface area (Å²) in [5.74, 6) is -0.549. The maximum atomic E-state index is 9.44. The molecule has 0 spiro atoms. The molecule has 0 aromatic carbocycles. The van der Waals surface area contributed by atoms with Crippen LogP contribution < -0.4 is 4.89 Å². The summed E-state index contributed by atoms with van der Waals surface area (Å²) in [5, 5.41) is 0. The molecule has 5 nitrogen and oxygen atoms in total. The SMILES string of the molecule is CC[PH](=O)[O-].[B]C1OC([CH2-])C2OC(C)(C)OC12.[CH3+].[Y]. The molecule has 0 N–H and O–H groups in total. The minimum atomic E-state index is -2.37. The molecule has 2 fully saturated rings. The molecule has 2 aliphatic rings. The molecule has 8 heteroatoms. The summed E-state index contributed by atoms with van der Waals surface area (Å²) in [6.45, 7) is 9.14. The van der Waals surface area contributed by atoms with Gasteiger partial charge in [0, 0.05) is 54.2 Å². The molecule has 2 rings (SSSR count). The Bertz CT molecular complexity index is 274. The fourth-order valence-electron chi connectivity index (χ4n) is 1.72. The third-order valence-corrected chi connectivity index (χ3v) is 3.05. The molecule has 0 bridgehead atoms. The molecule has 0 amide bonds. The predicted molar refractivity (Wildman–Crippen MR) is 69.6 cm³/mol. The Hall–Kier alpha value is 1.11. The summed E-state index contributed by atoms with van der Waals surface area (Å²) in [6, 6.07) is -0.403. The molecule has 5 unspecified atom stereocenters. The summed E-state index contributed by atoms with van der Waals surface area (Å²) in [7, 11) is 3.29. The van der Waals surface area contributed by atoms with E-state index in [1.54, 1.807) is 6.92 Å². The van der Waals surface area contributed by atoms with Gasteiger partial charge < -0.3 is 30.6 Å². The van der Waals surface area contributed by atoms with E-state index >= 15 is 0 Å². The summed E-state index contributed by atoms with van der Waals surface area (Å²) >= 11 is 0. The van der Waals surface area contributed by atoms with Crippen molar-refractivity contribution in [2.24, 2.45) is 0 Å². The van der Waals surface area contributed by atoms with Crippen LogP contribution in [0, 0.1) is 14.4 Å². The van der Waals surface area contributed by atoms with Gasteiger partial charge in [0.25, 0.3) is 0 Å². The third kappa shape index (κ3) is 6.60. The maximum absolute atomic E-state index is 9.44.